The van der Waals surface area contributed by atoms with Crippen molar-refractivity contribution in [1.82, 2.24) is 4.90 Å². The summed E-state index contributed by atoms with van der Waals surface area (Å²) in [4.78, 5) is 14.7. The Morgan fingerprint density at radius 2 is 1.75 bits per heavy atom. The molecule has 32 heavy (non-hydrogen) atoms. The molecule has 0 spiro atoms. The fourth-order valence-corrected chi connectivity index (χ4v) is 4.18. The maximum Gasteiger partial charge on any atom is 0.227 e. The maximum atomic E-state index is 12.5. The van der Waals surface area contributed by atoms with Gasteiger partial charge in [0.1, 0.15) is 18.6 Å². The van der Waals surface area contributed by atoms with Crippen molar-refractivity contribution < 1.29 is 18.6 Å². The van der Waals surface area contributed by atoms with Gasteiger partial charge in [-0.1, -0.05) is 29.3 Å². The van der Waals surface area contributed by atoms with E-state index in [-0.39, 0.29) is 17.8 Å². The van der Waals surface area contributed by atoms with E-state index in [2.05, 4.69) is 4.90 Å². The molecule has 4 rings (SSSR count). The van der Waals surface area contributed by atoms with Gasteiger partial charge in [0.25, 0.3) is 0 Å². The van der Waals surface area contributed by atoms with Crippen LogP contribution in [0.5, 0.6) is 17.2 Å². The molecule has 1 aromatic heterocycles. The third kappa shape index (κ3) is 5.04. The highest BCUT2D eigenvalue weighted by Gasteiger charge is 2.20. The molecule has 0 amide bonds. The molecule has 0 saturated carbocycles. The van der Waals surface area contributed by atoms with E-state index < -0.39 is 0 Å². The summed E-state index contributed by atoms with van der Waals surface area (Å²) in [5.74, 6) is 2.17. The Hall–Kier alpha value is -2.67. The highest BCUT2D eigenvalue weighted by atomic mass is 35.5. The molecule has 3 aromatic rings. The van der Waals surface area contributed by atoms with Gasteiger partial charge in [-0.3, -0.25) is 9.69 Å². The average molecular weight is 476 g/mol. The number of ether oxygens (including phenoxy) is 3. The van der Waals surface area contributed by atoms with Crippen LogP contribution in [0.2, 0.25) is 10.0 Å². The van der Waals surface area contributed by atoms with Gasteiger partial charge < -0.3 is 18.6 Å². The first kappa shape index (κ1) is 22.5. The maximum absolute atomic E-state index is 12.5. The molecule has 0 atom stereocenters. The Morgan fingerprint density at radius 1 is 1.00 bits per heavy atom. The van der Waals surface area contributed by atoms with Gasteiger partial charge in [-0.15, -0.1) is 0 Å². The van der Waals surface area contributed by atoms with Gasteiger partial charge >= 0.3 is 0 Å². The van der Waals surface area contributed by atoms with Crippen LogP contribution in [-0.2, 0) is 26.1 Å². The van der Waals surface area contributed by atoms with Crippen molar-refractivity contribution in [2.75, 3.05) is 20.8 Å². The zero-order chi connectivity index (χ0) is 22.7. The Morgan fingerprint density at radius 3 is 2.44 bits per heavy atom. The average Bonchev–Trinajstić information content (AvgIpc) is 2.78. The Bertz CT molecular complexity index is 1180. The highest BCUT2D eigenvalue weighted by molar-refractivity contribution is 6.35. The molecule has 0 fully saturated rings. The van der Waals surface area contributed by atoms with Gasteiger partial charge in [0.05, 0.1) is 20.8 Å². The van der Waals surface area contributed by atoms with Crippen molar-refractivity contribution in [1.29, 1.82) is 0 Å². The first-order valence-electron chi connectivity index (χ1n) is 10.1. The number of benzene rings is 2. The second-order valence-corrected chi connectivity index (χ2v) is 8.38. The fraction of sp³-hybridized carbons (Fsp3) is 0.292. The standard InChI is InChI=1S/C24H23Cl2NO5/c1-29-22-7-15-5-6-27(11-17(15)8-23(22)30-2)12-19-10-21(28)24(14-31-19)32-13-16-3-4-18(25)9-20(16)26/h3-4,7-10,14H,5-6,11-13H2,1-2H3. The minimum absolute atomic E-state index is 0.139. The predicted octanol–water partition coefficient (Wildman–Crippen LogP) is 5.10. The second-order valence-electron chi connectivity index (χ2n) is 7.54. The van der Waals surface area contributed by atoms with Crippen molar-refractivity contribution in [2.24, 2.45) is 0 Å². The van der Waals surface area contributed by atoms with Gasteiger partial charge in [0, 0.05) is 34.8 Å². The minimum Gasteiger partial charge on any atom is -0.493 e. The zero-order valence-electron chi connectivity index (χ0n) is 17.8. The van der Waals surface area contributed by atoms with E-state index in [1.807, 2.05) is 12.1 Å². The lowest BCUT2D eigenvalue weighted by Crippen LogP contribution is -2.30. The molecule has 0 saturated heterocycles. The van der Waals surface area contributed by atoms with Crippen LogP contribution in [0.3, 0.4) is 0 Å². The minimum atomic E-state index is -0.236. The fourth-order valence-electron chi connectivity index (χ4n) is 3.72. The zero-order valence-corrected chi connectivity index (χ0v) is 19.3. The van der Waals surface area contributed by atoms with Gasteiger partial charge in [-0.25, -0.2) is 0 Å². The molecule has 168 valence electrons. The van der Waals surface area contributed by atoms with Gasteiger partial charge in [-0.05, 0) is 41.8 Å². The third-order valence-electron chi connectivity index (χ3n) is 5.43. The molecule has 8 heteroatoms. The molecule has 0 bridgehead atoms. The summed E-state index contributed by atoms with van der Waals surface area (Å²) in [6.45, 7) is 2.24. The first-order chi connectivity index (χ1) is 15.5. The number of hydrogen-bond acceptors (Lipinski definition) is 6. The molecule has 1 aliphatic rings. The summed E-state index contributed by atoms with van der Waals surface area (Å²) >= 11 is 12.1. The molecule has 2 heterocycles. The van der Waals surface area contributed by atoms with E-state index in [0.29, 0.717) is 28.1 Å². The number of methoxy groups -OCH3 is 2. The summed E-state index contributed by atoms with van der Waals surface area (Å²) in [5.41, 5.74) is 2.92. The van der Waals surface area contributed by atoms with Crippen LogP contribution in [0.25, 0.3) is 0 Å². The molecule has 0 unspecified atom stereocenters. The Labute approximate surface area is 196 Å². The monoisotopic (exact) mass is 475 g/mol. The second kappa shape index (κ2) is 9.86. The quantitative estimate of drug-likeness (QED) is 0.473. The molecule has 0 aliphatic carbocycles. The summed E-state index contributed by atoms with van der Waals surface area (Å²) < 4.78 is 22.1. The van der Waals surface area contributed by atoms with Crippen LogP contribution in [-0.4, -0.2) is 25.7 Å². The van der Waals surface area contributed by atoms with Crippen LogP contribution >= 0.6 is 23.2 Å². The molecule has 2 aromatic carbocycles. The van der Waals surface area contributed by atoms with Crippen molar-refractivity contribution in [3.05, 3.63) is 85.4 Å². The van der Waals surface area contributed by atoms with Crippen molar-refractivity contribution in [3.8, 4) is 17.2 Å². The van der Waals surface area contributed by atoms with Crippen molar-refractivity contribution in [2.45, 2.75) is 26.1 Å². The number of fused-ring (bicyclic) bond motifs is 1. The van der Waals surface area contributed by atoms with E-state index in [1.54, 1.807) is 32.4 Å². The summed E-state index contributed by atoms with van der Waals surface area (Å²) in [6, 6.07) is 10.6. The van der Waals surface area contributed by atoms with Gasteiger partial charge in [0.15, 0.2) is 11.5 Å². The van der Waals surface area contributed by atoms with Gasteiger partial charge in [0.2, 0.25) is 11.2 Å². The van der Waals surface area contributed by atoms with E-state index in [1.165, 1.54) is 23.5 Å². The Kier molecular flexibility index (Phi) is 6.94. The largest absolute Gasteiger partial charge is 0.493 e. The lowest BCUT2D eigenvalue weighted by atomic mass is 9.98. The lowest BCUT2D eigenvalue weighted by Gasteiger charge is -2.29. The summed E-state index contributed by atoms with van der Waals surface area (Å²) in [5, 5.41) is 1.03. The molecule has 6 nitrogen and oxygen atoms in total. The first-order valence-corrected chi connectivity index (χ1v) is 10.9. The molecular formula is C24H23Cl2NO5. The highest BCUT2D eigenvalue weighted by Crippen LogP contribution is 2.33. The molecule has 0 radical (unpaired) electrons. The van der Waals surface area contributed by atoms with Gasteiger partial charge in [-0.2, -0.15) is 0 Å². The van der Waals surface area contributed by atoms with Crippen LogP contribution in [0.4, 0.5) is 0 Å². The molecular weight excluding hydrogens is 453 g/mol. The number of nitrogens with zero attached hydrogens (tertiary/aromatic N) is 1. The summed E-state index contributed by atoms with van der Waals surface area (Å²) in [6.07, 6.45) is 2.23. The molecule has 0 N–H and O–H groups in total. The van der Waals surface area contributed by atoms with Crippen LogP contribution in [0.1, 0.15) is 22.5 Å². The van der Waals surface area contributed by atoms with E-state index in [4.69, 9.17) is 41.8 Å². The summed E-state index contributed by atoms with van der Waals surface area (Å²) in [7, 11) is 3.27. The third-order valence-corrected chi connectivity index (χ3v) is 6.01. The lowest BCUT2D eigenvalue weighted by molar-refractivity contribution is 0.219. The van der Waals surface area contributed by atoms with Crippen LogP contribution < -0.4 is 19.6 Å². The Balaban J connectivity index is 1.41. The smallest absolute Gasteiger partial charge is 0.227 e. The van der Waals surface area contributed by atoms with E-state index >= 15 is 0 Å². The number of rotatable bonds is 7. The number of hydrogen-bond donors (Lipinski definition) is 0. The topological polar surface area (TPSA) is 61.1 Å². The molecule has 1 aliphatic heterocycles. The van der Waals surface area contributed by atoms with Crippen LogP contribution in [0, 0.1) is 0 Å². The van der Waals surface area contributed by atoms with E-state index in [9.17, 15) is 4.79 Å². The number of halogens is 2. The van der Waals surface area contributed by atoms with Crippen molar-refractivity contribution >= 4 is 23.2 Å². The van der Waals surface area contributed by atoms with Crippen LogP contribution in [0.15, 0.2) is 51.9 Å². The normalized spacial score (nSPS) is 13.5. The van der Waals surface area contributed by atoms with E-state index in [0.717, 1.165) is 30.8 Å². The van der Waals surface area contributed by atoms with Crippen molar-refractivity contribution in [3.63, 3.8) is 0 Å². The SMILES string of the molecule is COc1cc2c(cc1OC)CN(Cc1cc(=O)c(OCc3ccc(Cl)cc3Cl)co1)CC2. The predicted molar refractivity (Wildman–Crippen MR) is 123 cm³/mol.